The first kappa shape index (κ1) is 88.7. The minimum atomic E-state index is -4.34. The van der Waals surface area contributed by atoms with Crippen LogP contribution in [-0.2, 0) is 45.0 Å². The zero-order valence-corrected chi connectivity index (χ0v) is 63.2. The molecule has 0 spiro atoms. The van der Waals surface area contributed by atoms with Gasteiger partial charge in [-0.05, 0) is 171 Å². The Balaban J connectivity index is 0.000000207. The van der Waals surface area contributed by atoms with Crippen LogP contribution in [-0.4, -0.2) is 97.9 Å². The molecule has 4 fully saturated rings. The molecule has 11 N–H and O–H groups in total. The second kappa shape index (κ2) is 37.0. The van der Waals surface area contributed by atoms with Gasteiger partial charge in [0.15, 0.2) is 36.9 Å². The fraction of sp³-hybridized carbons (Fsp3) is 0.227. The third-order valence-electron chi connectivity index (χ3n) is 15.4. The molecule has 0 radical (unpaired) electrons. The maximum Gasteiger partial charge on any atom is 0.454 e. The first-order valence-corrected chi connectivity index (χ1v) is 38.7. The predicted molar refractivity (Wildman–Crippen MR) is 381 cm³/mol. The van der Waals surface area contributed by atoms with Crippen LogP contribution in [0.25, 0.3) is 0 Å². The van der Waals surface area contributed by atoms with Crippen molar-refractivity contribution < 1.29 is 129 Å². The summed E-state index contributed by atoms with van der Waals surface area (Å²) in [5.74, 6) is -15.4. The second-order valence-corrected chi connectivity index (χ2v) is 33.0. The number of hydrogen-bond donors (Lipinski definition) is 9. The van der Waals surface area contributed by atoms with Crippen molar-refractivity contribution in [3.8, 4) is 17.2 Å². The Morgan fingerprint density at radius 1 is 0.491 bits per heavy atom. The van der Waals surface area contributed by atoms with Crippen molar-refractivity contribution in [1.29, 1.82) is 0 Å². The summed E-state index contributed by atoms with van der Waals surface area (Å²) in [4.78, 5) is 40.4. The summed E-state index contributed by atoms with van der Waals surface area (Å²) in [6.45, 7) is 0. The van der Waals surface area contributed by atoms with Crippen molar-refractivity contribution >= 4 is 148 Å². The van der Waals surface area contributed by atoms with Gasteiger partial charge in [-0.25, -0.2) is 79.2 Å². The summed E-state index contributed by atoms with van der Waals surface area (Å²) in [5.41, 5.74) is 9.26. The number of nitrogen functional groups attached to an aromatic ring is 2. The number of ether oxygens (including phenoxy) is 1. The van der Waals surface area contributed by atoms with Crippen LogP contribution in [0.5, 0.6) is 17.2 Å². The quantitative estimate of drug-likeness (QED) is 0.00673. The van der Waals surface area contributed by atoms with Crippen molar-refractivity contribution in [3.63, 3.8) is 0 Å². The zero-order valence-electron chi connectivity index (χ0n) is 54.6. The molecule has 0 amide bonds. The van der Waals surface area contributed by atoms with Crippen LogP contribution in [0.3, 0.4) is 0 Å². The molecule has 4 saturated carbocycles. The first-order valence-electron chi connectivity index (χ1n) is 30.4. The van der Waals surface area contributed by atoms with Gasteiger partial charge in [-0.2, -0.15) is 4.39 Å². The van der Waals surface area contributed by atoms with Crippen LogP contribution in [0, 0.1) is 68.3 Å². The van der Waals surface area contributed by atoms with Gasteiger partial charge in [-0.1, -0.05) is 47.6 Å². The van der Waals surface area contributed by atoms with Gasteiger partial charge in [0.05, 0.1) is 75.6 Å². The van der Waals surface area contributed by atoms with E-state index in [9.17, 15) is 109 Å². The van der Waals surface area contributed by atoms with Crippen molar-refractivity contribution in [2.75, 3.05) is 18.6 Å². The van der Waals surface area contributed by atoms with E-state index in [0.29, 0.717) is 23.8 Å². The molecule has 0 bridgehead atoms. The number of rotatable bonds is 15. The van der Waals surface area contributed by atoms with Crippen LogP contribution in [0.15, 0.2) is 121 Å². The topological polar surface area (TPSA) is 400 Å². The molecule has 4 aliphatic rings. The van der Waals surface area contributed by atoms with E-state index in [1.54, 1.807) is 0 Å². The highest BCUT2D eigenvalue weighted by Gasteiger charge is 2.35. The number of benzene rings is 8. The number of carbonyl (C=O) groups excluding carboxylic acids is 1. The SMILES string of the molecule is COC(=O)c1cc(Cl)c(O)c(S(=O)(=O)Cc2cc(C3CC3)c(F)cc2F)c1.Nc1cc(Br)c(F)cc1F.Nc1cc(C2CC2)c(F)cc1F.O=C(O)c1cc(Cl)c(O)c(S(=O)(=O)Cc2cc(C3CC3)c(F)cc2F)c1.O=C(O)c1cc(Cl)c(O)c(S(=O)(=O)Cl)c1.O=[N+]([O-])c1cc(Br)c(F)cc1F.OB(O)C1CC1. The molecule has 0 atom stereocenters. The Morgan fingerprint density at radius 3 is 1.15 bits per heavy atom. The van der Waals surface area contributed by atoms with E-state index >= 15 is 0 Å². The Morgan fingerprint density at radius 2 is 0.815 bits per heavy atom. The number of nitrogens with two attached hydrogens (primary N) is 2. The molecular formula is C66H54BBr2Cl4F10N3O19S3. The van der Waals surface area contributed by atoms with Crippen LogP contribution in [0.2, 0.25) is 20.9 Å². The summed E-state index contributed by atoms with van der Waals surface area (Å²) in [6.07, 6.45) is 6.97. The molecule has 0 unspecified atom stereocenters. The summed E-state index contributed by atoms with van der Waals surface area (Å²) >= 11 is 22.5. The van der Waals surface area contributed by atoms with Gasteiger partial charge in [-0.3, -0.25) is 10.1 Å². The molecule has 0 aromatic heterocycles. The normalized spacial score (nSPS) is 13.6. The smallest absolute Gasteiger partial charge is 0.454 e. The molecule has 108 heavy (non-hydrogen) atoms. The van der Waals surface area contributed by atoms with E-state index in [2.05, 4.69) is 36.6 Å². The molecule has 8 aromatic rings. The van der Waals surface area contributed by atoms with E-state index in [0.717, 1.165) is 113 Å². The number of nitro groups is 1. The first-order chi connectivity index (χ1) is 50.1. The number of halogens is 16. The summed E-state index contributed by atoms with van der Waals surface area (Å²) in [6, 6.07) is 14.4. The molecule has 8 aromatic carbocycles. The van der Waals surface area contributed by atoms with Gasteiger partial charge < -0.3 is 51.8 Å². The number of sulfone groups is 2. The number of phenols is 3. The van der Waals surface area contributed by atoms with Crippen molar-refractivity contribution in [1.82, 2.24) is 0 Å². The number of methoxy groups -OCH3 is 1. The zero-order chi connectivity index (χ0) is 81.3. The number of phenolic OH excluding ortho intramolecular Hbond substituents is 3. The highest BCUT2D eigenvalue weighted by molar-refractivity contribution is 9.10. The number of aromatic carboxylic acids is 2. The molecule has 580 valence electrons. The Kier molecular flexibility index (Phi) is 30.4. The van der Waals surface area contributed by atoms with Gasteiger partial charge in [0.1, 0.15) is 67.0 Å². The minimum absolute atomic E-state index is 0.0401. The van der Waals surface area contributed by atoms with Crippen LogP contribution in [0.4, 0.5) is 61.0 Å². The van der Waals surface area contributed by atoms with Gasteiger partial charge in [0.25, 0.3) is 9.05 Å². The number of aromatic hydroxyl groups is 3. The largest absolute Gasteiger partial charge is 0.505 e. The van der Waals surface area contributed by atoms with Crippen LogP contribution >= 0.6 is 77.3 Å². The number of nitrogens with zero attached hydrogens (tertiary/aromatic N) is 1. The predicted octanol–water partition coefficient (Wildman–Crippen LogP) is 16.5. The van der Waals surface area contributed by atoms with Crippen molar-refractivity contribution in [3.05, 3.63) is 234 Å². The highest BCUT2D eigenvalue weighted by atomic mass is 79.9. The fourth-order valence-electron chi connectivity index (χ4n) is 9.17. The lowest BCUT2D eigenvalue weighted by molar-refractivity contribution is -0.387. The monoisotopic (exact) mass is 1790 g/mol. The van der Waals surface area contributed by atoms with Crippen molar-refractivity contribution in [2.24, 2.45) is 0 Å². The van der Waals surface area contributed by atoms with Gasteiger partial charge in [0.2, 0.25) is 5.82 Å². The van der Waals surface area contributed by atoms with Gasteiger partial charge >= 0.3 is 30.7 Å². The molecule has 4 aliphatic carbocycles. The maximum atomic E-state index is 14.1. The van der Waals surface area contributed by atoms with Crippen LogP contribution < -0.4 is 11.5 Å². The summed E-state index contributed by atoms with van der Waals surface area (Å²) < 4.78 is 209. The summed E-state index contributed by atoms with van der Waals surface area (Å²) in [5, 5.41) is 72.2. The summed E-state index contributed by atoms with van der Waals surface area (Å²) in [7, 11) is -7.83. The van der Waals surface area contributed by atoms with E-state index in [4.69, 9.17) is 77.2 Å². The number of carboxylic acid groups (broad SMARTS) is 2. The number of anilines is 2. The van der Waals surface area contributed by atoms with E-state index in [1.165, 1.54) is 24.3 Å². The Hall–Kier alpha value is -8.18. The number of hydrogen-bond acceptors (Lipinski definition) is 19. The van der Waals surface area contributed by atoms with Gasteiger partial charge in [-0.15, -0.1) is 0 Å². The van der Waals surface area contributed by atoms with Crippen molar-refractivity contribution in [2.45, 2.75) is 101 Å². The number of esters is 1. The third-order valence-corrected chi connectivity index (χ3v) is 22.2. The maximum absolute atomic E-state index is 14.1. The Labute approximate surface area is 643 Å². The Bertz CT molecular complexity index is 5150. The average molecular weight is 1790 g/mol. The molecule has 42 heteroatoms. The lowest BCUT2D eigenvalue weighted by atomic mass is 9.84. The minimum Gasteiger partial charge on any atom is -0.505 e. The van der Waals surface area contributed by atoms with E-state index in [-0.39, 0.29) is 82.3 Å². The number of nitro benzene ring substituents is 1. The molecule has 0 heterocycles. The molecule has 12 rings (SSSR count). The number of carbonyl (C=O) groups is 3. The fourth-order valence-corrected chi connectivity index (χ4v) is 14.6. The van der Waals surface area contributed by atoms with Crippen LogP contribution in [0.1, 0.15) is 128 Å². The molecular weight excluding hydrogens is 1740 g/mol. The standard InChI is InChI=1S/C18H15ClF2O5S.C17H13ClF2O5S.C9H9F2N.C7H4Cl2O5S.C6H2BrF2NO2.C6H4BrF2N.C3H7BO2/c1-26-18(23)10-5-13(19)17(22)16(6-10)27(24,25)8-11-4-12(9-2-3-9)15(21)7-14(11)20;18-12-4-9(17(22)23)5-15(16(12)21)26(24,25)7-10-3-11(8-1-2-8)14(20)6-13(10)19;10-7-4-8(11)9(12)3-6(7)5-1-2-5;8-4-1-3(7(11)12)2-5(6(4)10)15(9,13)14;7-3-1-6(10(11)12)5(9)2-4(3)8;7-3-1-6(10)5(9)2-4(3)8;5-4(6)3-1-2-3/h4-7,9,22H,2-3,8H2,1H3;3-6,8,21H,1-2,7H2,(H,22,23);3-5H,1-2,12H2;1-2,10H,(H,11,12);1-2H;1-2H,10H2;3,5-6H,1-2H2. The number of carboxylic acids is 2. The average Bonchev–Trinajstić information content (AvgIpc) is 1.34. The van der Waals surface area contributed by atoms with E-state index in [1.807, 2.05) is 0 Å². The molecule has 0 saturated heterocycles. The second-order valence-electron chi connectivity index (χ2n) is 23.6. The lowest BCUT2D eigenvalue weighted by Crippen LogP contribution is -2.10. The highest BCUT2D eigenvalue weighted by Crippen LogP contribution is 2.46. The molecule has 22 nitrogen and oxygen atoms in total. The third kappa shape index (κ3) is 24.4. The lowest BCUT2D eigenvalue weighted by Gasteiger charge is -2.12. The molecule has 0 aliphatic heterocycles. The van der Waals surface area contributed by atoms with E-state index < -0.39 is 182 Å². The van der Waals surface area contributed by atoms with Gasteiger partial charge in [0, 0.05) is 58.2 Å².